The van der Waals surface area contributed by atoms with Crippen molar-refractivity contribution < 1.29 is 8.42 Å². The first-order valence-electron chi connectivity index (χ1n) is 9.23. The monoisotopic (exact) mass is 404 g/mol. The van der Waals surface area contributed by atoms with E-state index in [-0.39, 0.29) is 23.2 Å². The lowest BCUT2D eigenvalue weighted by Crippen LogP contribution is -2.30. The van der Waals surface area contributed by atoms with Crippen molar-refractivity contribution in [3.8, 4) is 0 Å². The average Bonchev–Trinajstić information content (AvgIpc) is 3.25. The molecule has 0 N–H and O–H groups in total. The molecule has 0 aliphatic carbocycles. The molecule has 1 atom stereocenters. The van der Waals surface area contributed by atoms with Crippen LogP contribution in [-0.4, -0.2) is 55.8 Å². The summed E-state index contributed by atoms with van der Waals surface area (Å²) in [6.45, 7) is 4.86. The van der Waals surface area contributed by atoms with E-state index in [0.717, 1.165) is 17.0 Å². The zero-order valence-electron chi connectivity index (χ0n) is 16.2. The molecular weight excluding hydrogens is 380 g/mol. The van der Waals surface area contributed by atoms with Crippen molar-refractivity contribution in [2.24, 2.45) is 0 Å². The second-order valence-corrected chi connectivity index (χ2v) is 9.75. The van der Waals surface area contributed by atoms with E-state index in [0.29, 0.717) is 25.3 Å². The third kappa shape index (κ3) is 3.37. The maximum absolute atomic E-state index is 12.5. The molecule has 0 aromatic carbocycles. The largest absolute Gasteiger partial charge is 0.351 e. The number of aromatic nitrogens is 5. The Morgan fingerprint density at radius 3 is 2.71 bits per heavy atom. The first-order chi connectivity index (χ1) is 13.2. The third-order valence-corrected chi connectivity index (χ3v) is 7.07. The summed E-state index contributed by atoms with van der Waals surface area (Å²) in [5.74, 6) is 0.378. The van der Waals surface area contributed by atoms with E-state index in [1.165, 1.54) is 9.08 Å². The molecule has 1 saturated heterocycles. The fourth-order valence-electron chi connectivity index (χ4n) is 3.86. The summed E-state index contributed by atoms with van der Waals surface area (Å²) in [5.41, 5.74) is 3.36. The number of rotatable bonds is 5. The van der Waals surface area contributed by atoms with Gasteiger partial charge in [0.15, 0.2) is 15.5 Å². The Morgan fingerprint density at radius 1 is 1.25 bits per heavy atom. The van der Waals surface area contributed by atoms with Gasteiger partial charge in [-0.1, -0.05) is 6.07 Å². The number of hydrogen-bond acceptors (Lipinski definition) is 6. The van der Waals surface area contributed by atoms with E-state index < -0.39 is 9.84 Å². The molecule has 1 fully saturated rings. The van der Waals surface area contributed by atoms with Crippen molar-refractivity contribution in [3.05, 3.63) is 51.8 Å². The van der Waals surface area contributed by atoms with Gasteiger partial charge in [0.25, 0.3) is 0 Å². The van der Waals surface area contributed by atoms with E-state index in [1.807, 2.05) is 36.5 Å². The molecule has 0 unspecified atom stereocenters. The van der Waals surface area contributed by atoms with E-state index in [2.05, 4.69) is 10.2 Å². The summed E-state index contributed by atoms with van der Waals surface area (Å²) in [5, 5.41) is 8.97. The van der Waals surface area contributed by atoms with E-state index in [1.54, 1.807) is 18.3 Å². The summed E-state index contributed by atoms with van der Waals surface area (Å²) >= 11 is 0. The first-order valence-corrected chi connectivity index (χ1v) is 11.0. The van der Waals surface area contributed by atoms with Crippen LogP contribution in [0.2, 0.25) is 0 Å². The zero-order valence-corrected chi connectivity index (χ0v) is 17.1. The molecule has 0 bridgehead atoms. The smallest absolute Gasteiger partial charge is 0.283 e. The van der Waals surface area contributed by atoms with E-state index in [9.17, 15) is 13.2 Å². The fraction of sp³-hybridized carbons (Fsp3) is 0.500. The minimum atomic E-state index is -2.97. The van der Waals surface area contributed by atoms with Gasteiger partial charge in [0.05, 0.1) is 29.9 Å². The van der Waals surface area contributed by atoms with Crippen LogP contribution in [0.15, 0.2) is 29.2 Å². The Bertz CT molecular complexity index is 1190. The van der Waals surface area contributed by atoms with Crippen LogP contribution in [0.5, 0.6) is 0 Å². The average molecular weight is 404 g/mol. The predicted molar refractivity (Wildman–Crippen MR) is 105 cm³/mol. The molecule has 4 heterocycles. The van der Waals surface area contributed by atoms with E-state index in [4.69, 9.17) is 0 Å². The van der Waals surface area contributed by atoms with Gasteiger partial charge in [-0.05, 0) is 39.4 Å². The van der Waals surface area contributed by atoms with Gasteiger partial charge in [-0.15, -0.1) is 5.10 Å². The number of hydrogen-bond donors (Lipinski definition) is 0. The molecule has 0 saturated carbocycles. The van der Waals surface area contributed by atoms with Gasteiger partial charge in [-0.2, -0.15) is 9.78 Å². The van der Waals surface area contributed by atoms with Crippen LogP contribution >= 0.6 is 0 Å². The molecule has 10 heteroatoms. The van der Waals surface area contributed by atoms with Gasteiger partial charge < -0.3 is 0 Å². The normalized spacial score (nSPS) is 19.1. The van der Waals surface area contributed by atoms with Crippen molar-refractivity contribution in [2.75, 3.05) is 18.6 Å². The lowest BCUT2D eigenvalue weighted by molar-refractivity contribution is 0.241. The van der Waals surface area contributed by atoms with Crippen molar-refractivity contribution >= 4 is 15.5 Å². The quantitative estimate of drug-likeness (QED) is 0.623. The molecule has 150 valence electrons. The van der Waals surface area contributed by atoms with Crippen molar-refractivity contribution in [1.29, 1.82) is 0 Å². The maximum Gasteiger partial charge on any atom is 0.351 e. The summed E-state index contributed by atoms with van der Waals surface area (Å²) < 4.78 is 28.4. The van der Waals surface area contributed by atoms with Gasteiger partial charge in [-0.25, -0.2) is 13.2 Å². The minimum Gasteiger partial charge on any atom is -0.283 e. The van der Waals surface area contributed by atoms with Gasteiger partial charge in [0.2, 0.25) is 0 Å². The van der Waals surface area contributed by atoms with Crippen molar-refractivity contribution in [1.82, 2.24) is 28.9 Å². The molecule has 9 nitrogen and oxygen atoms in total. The standard InChI is InChI=1S/C18H24N6O3S/c1-13-16(14(2)24(19-13)15-7-9-28(26,27)11-15)10-21(3)12-23-18(25)22-8-5-4-6-17(22)20-23/h4-6,8,15H,7,9-12H2,1-3H3/t15-/m0/s1. The lowest BCUT2D eigenvalue weighted by atomic mass is 10.2. The SMILES string of the molecule is Cc1nn([C@H]2CCS(=O)(=O)C2)c(C)c1CN(C)Cn1nc2ccccn2c1=O. The molecule has 3 aromatic heterocycles. The van der Waals surface area contributed by atoms with Crippen LogP contribution < -0.4 is 5.69 Å². The van der Waals surface area contributed by atoms with Crippen LogP contribution in [0, 0.1) is 13.8 Å². The number of nitrogens with zero attached hydrogens (tertiary/aromatic N) is 6. The van der Waals surface area contributed by atoms with Gasteiger partial charge in [0, 0.05) is 24.0 Å². The molecule has 4 rings (SSSR count). The van der Waals surface area contributed by atoms with E-state index >= 15 is 0 Å². The van der Waals surface area contributed by atoms with Gasteiger partial charge >= 0.3 is 5.69 Å². The highest BCUT2D eigenvalue weighted by Gasteiger charge is 2.31. The fourth-order valence-corrected chi connectivity index (χ4v) is 5.55. The Kier molecular flexibility index (Phi) is 4.62. The molecule has 1 aliphatic rings. The summed E-state index contributed by atoms with van der Waals surface area (Å²) in [4.78, 5) is 14.5. The first kappa shape index (κ1) is 18.9. The highest BCUT2D eigenvalue weighted by atomic mass is 32.2. The van der Waals surface area contributed by atoms with Gasteiger partial charge in [-0.3, -0.25) is 14.0 Å². The number of fused-ring (bicyclic) bond motifs is 1. The number of pyridine rings is 1. The molecular formula is C18H24N6O3S. The molecule has 0 amide bonds. The number of aryl methyl sites for hydroxylation is 1. The van der Waals surface area contributed by atoms with Crippen LogP contribution in [0.4, 0.5) is 0 Å². The Hall–Kier alpha value is -2.46. The van der Waals surface area contributed by atoms with Crippen LogP contribution in [0.3, 0.4) is 0 Å². The third-order valence-electron chi connectivity index (χ3n) is 5.32. The summed E-state index contributed by atoms with van der Waals surface area (Å²) in [6, 6.07) is 5.35. The molecule has 1 aliphatic heterocycles. The topological polar surface area (TPSA) is 94.5 Å². The second-order valence-electron chi connectivity index (χ2n) is 7.52. The highest BCUT2D eigenvalue weighted by Crippen LogP contribution is 2.27. The van der Waals surface area contributed by atoms with Crippen molar-refractivity contribution in [2.45, 2.75) is 39.5 Å². The maximum atomic E-state index is 12.5. The Balaban J connectivity index is 1.54. The predicted octanol–water partition coefficient (Wildman–Crippen LogP) is 0.758. The van der Waals surface area contributed by atoms with Crippen molar-refractivity contribution in [3.63, 3.8) is 0 Å². The molecule has 0 radical (unpaired) electrons. The molecule has 0 spiro atoms. The van der Waals surface area contributed by atoms with Crippen LogP contribution in [0.1, 0.15) is 29.4 Å². The number of sulfone groups is 1. The van der Waals surface area contributed by atoms with Gasteiger partial charge in [0.1, 0.15) is 0 Å². The lowest BCUT2D eigenvalue weighted by Gasteiger charge is -2.17. The molecule has 3 aromatic rings. The summed E-state index contributed by atoms with van der Waals surface area (Å²) in [6.07, 6.45) is 2.31. The minimum absolute atomic E-state index is 0.0937. The molecule has 28 heavy (non-hydrogen) atoms. The Labute approximate surface area is 163 Å². The highest BCUT2D eigenvalue weighted by molar-refractivity contribution is 7.91. The van der Waals surface area contributed by atoms with Crippen LogP contribution in [-0.2, 0) is 23.1 Å². The second kappa shape index (κ2) is 6.85. The summed E-state index contributed by atoms with van der Waals surface area (Å²) in [7, 11) is -1.04. The Morgan fingerprint density at radius 2 is 2.04 bits per heavy atom. The van der Waals surface area contributed by atoms with Crippen LogP contribution in [0.25, 0.3) is 5.65 Å². The zero-order chi connectivity index (χ0) is 20.1.